The molecule has 0 bridgehead atoms. The van der Waals surface area contributed by atoms with E-state index in [9.17, 15) is 9.59 Å². The van der Waals surface area contributed by atoms with Gasteiger partial charge in [-0.15, -0.1) is 0 Å². The molecule has 2 aromatic carbocycles. The van der Waals surface area contributed by atoms with Gasteiger partial charge in [0, 0.05) is 28.9 Å². The van der Waals surface area contributed by atoms with Crippen molar-refractivity contribution in [3.63, 3.8) is 0 Å². The van der Waals surface area contributed by atoms with Crippen LogP contribution >= 0.6 is 0 Å². The summed E-state index contributed by atoms with van der Waals surface area (Å²) in [6.45, 7) is 5.13. The number of nitrogens with one attached hydrogen (secondary N) is 1. The first-order valence-corrected chi connectivity index (χ1v) is 15.7. The fourth-order valence-electron chi connectivity index (χ4n) is 5.11. The van der Waals surface area contributed by atoms with Crippen LogP contribution in [0.5, 0.6) is 5.75 Å². The third-order valence-corrected chi connectivity index (χ3v) is 7.45. The molecule has 0 spiro atoms. The fourth-order valence-corrected chi connectivity index (χ4v) is 5.11. The molecule has 0 saturated carbocycles. The van der Waals surface area contributed by atoms with Crippen molar-refractivity contribution in [2.45, 2.75) is 104 Å². The van der Waals surface area contributed by atoms with E-state index >= 15 is 0 Å². The van der Waals surface area contributed by atoms with Crippen molar-refractivity contribution in [2.24, 2.45) is 0 Å². The number of amides is 1. The number of nitrogens with zero attached hydrogens (tertiary/aromatic N) is 1. The molecule has 0 saturated heterocycles. The lowest BCUT2D eigenvalue weighted by atomic mass is 10.0. The lowest BCUT2D eigenvalue weighted by molar-refractivity contribution is -0.688. The van der Waals surface area contributed by atoms with Crippen LogP contribution in [0.3, 0.4) is 0 Å². The van der Waals surface area contributed by atoms with Crippen LogP contribution in [0.15, 0.2) is 73.1 Å². The van der Waals surface area contributed by atoms with E-state index in [2.05, 4.69) is 16.8 Å². The first-order chi connectivity index (χ1) is 20.1. The summed E-state index contributed by atoms with van der Waals surface area (Å²) in [4.78, 5) is 25.2. The Balaban J connectivity index is 0.00000616. The molecule has 1 amide bonds. The molecular formula is C36H49BrN2O3. The Morgan fingerprint density at radius 3 is 1.93 bits per heavy atom. The zero-order valence-corrected chi connectivity index (χ0v) is 27.2. The number of benzene rings is 2. The Kier molecular flexibility index (Phi) is 17.5. The lowest BCUT2D eigenvalue weighted by Crippen LogP contribution is -3.00. The van der Waals surface area contributed by atoms with Gasteiger partial charge in [-0.1, -0.05) is 108 Å². The van der Waals surface area contributed by atoms with Gasteiger partial charge in [-0.25, -0.2) is 4.57 Å². The monoisotopic (exact) mass is 636 g/mol. The van der Waals surface area contributed by atoms with Gasteiger partial charge in [-0.05, 0) is 31.5 Å². The Labute approximate surface area is 263 Å². The van der Waals surface area contributed by atoms with Crippen LogP contribution in [0.1, 0.15) is 112 Å². The standard InChI is InChI=1S/C36H48N2O3.BrH/c1-3-4-5-6-7-8-9-10-11-12-13-17-27-41-36-32(19-18-20-34(36)30(2)39)28-35(40)37-33-23-21-31(22-24-33)29-38-25-15-14-16-26-38;/h14-16,18-26H,3-13,17,27-29H2,1-2H3;1H. The number of hydrogen-bond acceptors (Lipinski definition) is 3. The van der Waals surface area contributed by atoms with Gasteiger partial charge >= 0.3 is 0 Å². The summed E-state index contributed by atoms with van der Waals surface area (Å²) < 4.78 is 8.25. The normalized spacial score (nSPS) is 10.6. The molecule has 228 valence electrons. The average Bonchev–Trinajstić information content (AvgIpc) is 2.97. The summed E-state index contributed by atoms with van der Waals surface area (Å²) in [5, 5.41) is 2.99. The number of unbranched alkanes of at least 4 members (excludes halogenated alkanes) is 11. The lowest BCUT2D eigenvalue weighted by Gasteiger charge is -2.15. The molecule has 0 aliphatic rings. The number of para-hydroxylation sites is 1. The van der Waals surface area contributed by atoms with Crippen LogP contribution in [-0.4, -0.2) is 18.3 Å². The fraction of sp³-hybridized carbons (Fsp3) is 0.472. The third kappa shape index (κ3) is 13.3. The summed E-state index contributed by atoms with van der Waals surface area (Å²) in [7, 11) is 0. The van der Waals surface area contributed by atoms with E-state index in [0.29, 0.717) is 17.9 Å². The van der Waals surface area contributed by atoms with Gasteiger partial charge in [-0.2, -0.15) is 0 Å². The van der Waals surface area contributed by atoms with E-state index in [4.69, 9.17) is 4.74 Å². The minimum atomic E-state index is -0.133. The van der Waals surface area contributed by atoms with E-state index in [1.165, 1.54) is 64.2 Å². The molecule has 3 aromatic rings. The maximum Gasteiger partial charge on any atom is 0.228 e. The van der Waals surface area contributed by atoms with E-state index < -0.39 is 0 Å². The van der Waals surface area contributed by atoms with Gasteiger partial charge in [0.25, 0.3) is 0 Å². The Morgan fingerprint density at radius 2 is 1.33 bits per heavy atom. The number of pyridine rings is 1. The topological polar surface area (TPSA) is 59.3 Å². The predicted octanol–water partition coefficient (Wildman–Crippen LogP) is 5.49. The zero-order chi connectivity index (χ0) is 29.1. The SMILES string of the molecule is CCCCCCCCCCCCCCOc1c(CC(=O)Nc2ccc(C[n+]3ccccc3)cc2)cccc1C(C)=O.[Br-]. The number of rotatable bonds is 20. The minimum Gasteiger partial charge on any atom is -1.00 e. The number of aromatic nitrogens is 1. The van der Waals surface area contributed by atoms with Gasteiger partial charge in [0.2, 0.25) is 5.91 Å². The van der Waals surface area contributed by atoms with Crippen molar-refractivity contribution in [3.8, 4) is 5.75 Å². The maximum absolute atomic E-state index is 12.9. The van der Waals surface area contributed by atoms with Crippen molar-refractivity contribution < 1.29 is 35.9 Å². The van der Waals surface area contributed by atoms with Gasteiger partial charge < -0.3 is 27.0 Å². The highest BCUT2D eigenvalue weighted by Gasteiger charge is 2.16. The number of ketones is 1. The largest absolute Gasteiger partial charge is 1.00 e. The molecular weight excluding hydrogens is 588 g/mol. The van der Waals surface area contributed by atoms with Crippen LogP contribution in [0, 0.1) is 0 Å². The molecule has 0 fully saturated rings. The first kappa shape index (κ1) is 35.2. The molecule has 3 rings (SSSR count). The molecule has 1 heterocycles. The minimum absolute atomic E-state index is 0. The maximum atomic E-state index is 12.9. The molecule has 0 unspecified atom stereocenters. The van der Waals surface area contributed by atoms with E-state index in [-0.39, 0.29) is 35.1 Å². The molecule has 6 heteroatoms. The highest BCUT2D eigenvalue weighted by molar-refractivity contribution is 5.98. The van der Waals surface area contributed by atoms with Gasteiger partial charge in [0.1, 0.15) is 5.75 Å². The van der Waals surface area contributed by atoms with E-state index in [1.807, 2.05) is 67.0 Å². The van der Waals surface area contributed by atoms with Crippen LogP contribution in [0.2, 0.25) is 0 Å². The van der Waals surface area contributed by atoms with Crippen molar-refractivity contribution >= 4 is 17.4 Å². The predicted molar refractivity (Wildman–Crippen MR) is 168 cm³/mol. The Hall–Kier alpha value is -2.99. The summed E-state index contributed by atoms with van der Waals surface area (Å²) in [6, 6.07) is 19.4. The van der Waals surface area contributed by atoms with Crippen molar-refractivity contribution in [2.75, 3.05) is 11.9 Å². The number of carbonyl (C=O) groups is 2. The second kappa shape index (κ2) is 20.8. The quantitative estimate of drug-likeness (QED) is 0.101. The third-order valence-electron chi connectivity index (χ3n) is 7.45. The van der Waals surface area contributed by atoms with Gasteiger partial charge in [0.15, 0.2) is 24.7 Å². The van der Waals surface area contributed by atoms with Crippen molar-refractivity contribution in [1.82, 2.24) is 0 Å². The van der Waals surface area contributed by atoms with Crippen molar-refractivity contribution in [1.29, 1.82) is 0 Å². The molecule has 1 aromatic heterocycles. The first-order valence-electron chi connectivity index (χ1n) is 15.7. The van der Waals surface area contributed by atoms with Crippen LogP contribution in [0.4, 0.5) is 5.69 Å². The second-order valence-corrected chi connectivity index (χ2v) is 11.1. The van der Waals surface area contributed by atoms with E-state index in [0.717, 1.165) is 36.2 Å². The average molecular weight is 638 g/mol. The molecule has 5 nitrogen and oxygen atoms in total. The second-order valence-electron chi connectivity index (χ2n) is 11.1. The summed E-state index contributed by atoms with van der Waals surface area (Å²) in [5.41, 5.74) is 3.18. The highest BCUT2D eigenvalue weighted by atomic mass is 79.9. The molecule has 0 aliphatic carbocycles. The van der Waals surface area contributed by atoms with E-state index in [1.54, 1.807) is 13.0 Å². The van der Waals surface area contributed by atoms with Gasteiger partial charge in [-0.3, -0.25) is 9.59 Å². The number of Topliss-reactive ketones (excluding diaryl/α,β-unsaturated/α-hetero) is 1. The summed E-state index contributed by atoms with van der Waals surface area (Å²) in [5.74, 6) is 0.364. The smallest absolute Gasteiger partial charge is 0.228 e. The summed E-state index contributed by atoms with van der Waals surface area (Å²) in [6.07, 6.45) is 19.6. The number of carbonyl (C=O) groups excluding carboxylic acids is 2. The van der Waals surface area contributed by atoms with Crippen molar-refractivity contribution in [3.05, 3.63) is 89.7 Å². The Bertz CT molecular complexity index is 1180. The number of halogens is 1. The number of anilines is 1. The van der Waals surface area contributed by atoms with Crippen LogP contribution in [0.25, 0.3) is 0 Å². The van der Waals surface area contributed by atoms with Crippen LogP contribution in [-0.2, 0) is 17.8 Å². The molecule has 0 aliphatic heterocycles. The molecule has 1 N–H and O–H groups in total. The number of ether oxygens (including phenoxy) is 1. The van der Waals surface area contributed by atoms with Crippen LogP contribution < -0.4 is 31.6 Å². The zero-order valence-electron chi connectivity index (χ0n) is 25.6. The molecule has 0 atom stereocenters. The number of hydrogen-bond donors (Lipinski definition) is 1. The molecule has 0 radical (unpaired) electrons. The molecule has 42 heavy (non-hydrogen) atoms. The summed E-state index contributed by atoms with van der Waals surface area (Å²) >= 11 is 0. The highest BCUT2D eigenvalue weighted by Crippen LogP contribution is 2.26. The Morgan fingerprint density at radius 1 is 0.738 bits per heavy atom. The van der Waals surface area contributed by atoms with Gasteiger partial charge in [0.05, 0.1) is 18.6 Å².